The Balaban J connectivity index is 1.84. The summed E-state index contributed by atoms with van der Waals surface area (Å²) in [6, 6.07) is 0.319. The molecule has 0 spiro atoms. The summed E-state index contributed by atoms with van der Waals surface area (Å²) in [6.07, 6.45) is 4.24. The predicted molar refractivity (Wildman–Crippen MR) is 87.6 cm³/mol. The van der Waals surface area contributed by atoms with Crippen LogP contribution in [0.1, 0.15) is 24.8 Å². The fourth-order valence-electron chi connectivity index (χ4n) is 2.70. The van der Waals surface area contributed by atoms with Crippen molar-refractivity contribution in [2.75, 3.05) is 44.8 Å². The van der Waals surface area contributed by atoms with Gasteiger partial charge in [-0.05, 0) is 33.9 Å². The fourth-order valence-corrected chi connectivity index (χ4v) is 2.70. The molecule has 1 atom stereocenters. The number of nitrogen functional groups attached to an aromatic ring is 1. The van der Waals surface area contributed by atoms with E-state index in [2.05, 4.69) is 20.2 Å². The molecule has 7 heteroatoms. The lowest BCUT2D eigenvalue weighted by atomic mass is 10.1. The number of nitrogens with one attached hydrogen (secondary N) is 1. The molecule has 0 aromatic carbocycles. The molecule has 1 saturated heterocycles. The molecule has 0 bridgehead atoms. The minimum Gasteiger partial charge on any atom is -0.370 e. The Morgan fingerprint density at radius 3 is 3.00 bits per heavy atom. The van der Waals surface area contributed by atoms with Crippen LogP contribution in [0.2, 0.25) is 0 Å². The smallest absolute Gasteiger partial charge is 0.222 e. The second kappa shape index (κ2) is 7.40. The number of aromatic nitrogens is 2. The van der Waals surface area contributed by atoms with Gasteiger partial charge in [-0.2, -0.15) is 4.98 Å². The molecule has 1 aliphatic heterocycles. The average molecular weight is 306 g/mol. The SMILES string of the molecule is Cc1cnc(N)nc1NCCC1CCC(=O)N1CCN(C)C. The molecule has 1 fully saturated rings. The molecule has 0 aliphatic carbocycles. The number of anilines is 2. The summed E-state index contributed by atoms with van der Waals surface area (Å²) in [7, 11) is 4.05. The van der Waals surface area contributed by atoms with Crippen molar-refractivity contribution in [3.8, 4) is 0 Å². The first-order chi connectivity index (χ1) is 10.5. The van der Waals surface area contributed by atoms with Crippen LogP contribution in [0, 0.1) is 6.92 Å². The van der Waals surface area contributed by atoms with E-state index in [1.165, 1.54) is 0 Å². The van der Waals surface area contributed by atoms with E-state index in [1.807, 2.05) is 25.9 Å². The van der Waals surface area contributed by atoms with E-state index in [9.17, 15) is 4.79 Å². The topological polar surface area (TPSA) is 87.4 Å². The standard InChI is InChI=1S/C15H26N6O/c1-11-10-18-15(16)19-14(11)17-7-6-12-4-5-13(22)21(12)9-8-20(2)3/h10,12H,4-9H2,1-3H3,(H3,16,17,18,19). The van der Waals surface area contributed by atoms with E-state index in [4.69, 9.17) is 5.73 Å². The Kier molecular flexibility index (Phi) is 5.54. The third kappa shape index (κ3) is 4.30. The summed E-state index contributed by atoms with van der Waals surface area (Å²) < 4.78 is 0. The lowest BCUT2D eigenvalue weighted by Crippen LogP contribution is -2.39. The van der Waals surface area contributed by atoms with Gasteiger partial charge in [-0.1, -0.05) is 0 Å². The maximum absolute atomic E-state index is 12.0. The number of amides is 1. The van der Waals surface area contributed by atoms with Gasteiger partial charge in [0.1, 0.15) is 5.82 Å². The first-order valence-corrected chi connectivity index (χ1v) is 7.74. The van der Waals surface area contributed by atoms with Gasteiger partial charge < -0.3 is 20.9 Å². The van der Waals surface area contributed by atoms with E-state index in [1.54, 1.807) is 6.20 Å². The second-order valence-corrected chi connectivity index (χ2v) is 6.06. The van der Waals surface area contributed by atoms with Gasteiger partial charge in [0.25, 0.3) is 0 Å². The van der Waals surface area contributed by atoms with Gasteiger partial charge in [0.15, 0.2) is 0 Å². The number of carbonyl (C=O) groups excluding carboxylic acids is 1. The van der Waals surface area contributed by atoms with Crippen LogP contribution in [0.4, 0.5) is 11.8 Å². The third-order valence-corrected chi connectivity index (χ3v) is 4.00. The van der Waals surface area contributed by atoms with Crippen LogP contribution in [0.5, 0.6) is 0 Å². The number of nitrogens with zero attached hydrogens (tertiary/aromatic N) is 4. The van der Waals surface area contributed by atoms with Crippen molar-refractivity contribution in [1.29, 1.82) is 0 Å². The molecule has 2 rings (SSSR count). The highest BCUT2D eigenvalue weighted by atomic mass is 16.2. The van der Waals surface area contributed by atoms with Gasteiger partial charge in [0.2, 0.25) is 11.9 Å². The number of hydrogen-bond donors (Lipinski definition) is 2. The molecule has 1 amide bonds. The van der Waals surface area contributed by atoms with Crippen molar-refractivity contribution in [2.24, 2.45) is 0 Å². The summed E-state index contributed by atoms with van der Waals surface area (Å²) in [6.45, 7) is 4.42. The van der Waals surface area contributed by atoms with Crippen LogP contribution in [0.3, 0.4) is 0 Å². The van der Waals surface area contributed by atoms with E-state index < -0.39 is 0 Å². The van der Waals surface area contributed by atoms with Crippen LogP contribution >= 0.6 is 0 Å². The number of likely N-dealkylation sites (N-methyl/N-ethyl adjacent to an activating group) is 1. The molecule has 0 saturated carbocycles. The number of hydrogen-bond acceptors (Lipinski definition) is 6. The lowest BCUT2D eigenvalue weighted by molar-refractivity contribution is -0.129. The lowest BCUT2D eigenvalue weighted by Gasteiger charge is -2.26. The van der Waals surface area contributed by atoms with Gasteiger partial charge in [-0.15, -0.1) is 0 Å². The van der Waals surface area contributed by atoms with Crippen LogP contribution in [0.25, 0.3) is 0 Å². The highest BCUT2D eigenvalue weighted by Gasteiger charge is 2.30. The highest BCUT2D eigenvalue weighted by Crippen LogP contribution is 2.21. The monoisotopic (exact) mass is 306 g/mol. The number of nitrogens with two attached hydrogens (primary N) is 1. The fraction of sp³-hybridized carbons (Fsp3) is 0.667. The zero-order valence-corrected chi connectivity index (χ0v) is 13.7. The maximum Gasteiger partial charge on any atom is 0.222 e. The maximum atomic E-state index is 12.0. The van der Waals surface area contributed by atoms with Crippen molar-refractivity contribution in [1.82, 2.24) is 19.8 Å². The first-order valence-electron chi connectivity index (χ1n) is 7.74. The van der Waals surface area contributed by atoms with E-state index in [0.29, 0.717) is 12.5 Å². The molecule has 22 heavy (non-hydrogen) atoms. The summed E-state index contributed by atoms with van der Waals surface area (Å²) in [5.74, 6) is 1.32. The van der Waals surface area contributed by atoms with E-state index in [0.717, 1.165) is 43.9 Å². The van der Waals surface area contributed by atoms with Crippen LogP contribution < -0.4 is 11.1 Å². The van der Waals surface area contributed by atoms with Crippen molar-refractivity contribution >= 4 is 17.7 Å². The summed E-state index contributed by atoms with van der Waals surface area (Å²) in [5.41, 5.74) is 6.58. The Morgan fingerprint density at radius 2 is 2.27 bits per heavy atom. The number of likely N-dealkylation sites (tertiary alicyclic amines) is 1. The highest BCUT2D eigenvalue weighted by molar-refractivity contribution is 5.78. The number of rotatable bonds is 7. The predicted octanol–water partition coefficient (Wildman–Crippen LogP) is 0.722. The average Bonchev–Trinajstić information content (AvgIpc) is 2.81. The van der Waals surface area contributed by atoms with Crippen LogP contribution in [0.15, 0.2) is 6.20 Å². The van der Waals surface area contributed by atoms with Crippen LogP contribution in [-0.4, -0.2) is 65.4 Å². The molecule has 1 unspecified atom stereocenters. The second-order valence-electron chi connectivity index (χ2n) is 6.06. The normalized spacial score (nSPS) is 18.3. The molecule has 1 aromatic rings. The van der Waals surface area contributed by atoms with Crippen LogP contribution in [-0.2, 0) is 4.79 Å². The van der Waals surface area contributed by atoms with Crippen molar-refractivity contribution < 1.29 is 4.79 Å². The molecule has 0 radical (unpaired) electrons. The minimum absolute atomic E-state index is 0.273. The Morgan fingerprint density at radius 1 is 1.50 bits per heavy atom. The summed E-state index contributed by atoms with van der Waals surface area (Å²) in [5, 5.41) is 3.30. The van der Waals surface area contributed by atoms with E-state index in [-0.39, 0.29) is 11.9 Å². The molecule has 1 aromatic heterocycles. The molecule has 1 aliphatic rings. The summed E-state index contributed by atoms with van der Waals surface area (Å²) >= 11 is 0. The van der Waals surface area contributed by atoms with Crippen molar-refractivity contribution in [3.63, 3.8) is 0 Å². The zero-order valence-electron chi connectivity index (χ0n) is 13.7. The molecule has 2 heterocycles. The number of aryl methyl sites for hydroxylation is 1. The molecular weight excluding hydrogens is 280 g/mol. The van der Waals surface area contributed by atoms with Gasteiger partial charge in [0.05, 0.1) is 0 Å². The third-order valence-electron chi connectivity index (χ3n) is 4.00. The van der Waals surface area contributed by atoms with Gasteiger partial charge >= 0.3 is 0 Å². The Bertz CT molecular complexity index is 519. The Hall–Kier alpha value is -1.89. The molecule has 3 N–H and O–H groups in total. The molecular formula is C15H26N6O. The van der Waals surface area contributed by atoms with Gasteiger partial charge in [-0.25, -0.2) is 4.98 Å². The van der Waals surface area contributed by atoms with Gasteiger partial charge in [-0.3, -0.25) is 4.79 Å². The summed E-state index contributed by atoms with van der Waals surface area (Å²) in [4.78, 5) is 24.3. The Labute approximate surface area is 131 Å². The minimum atomic E-state index is 0.273. The largest absolute Gasteiger partial charge is 0.370 e. The van der Waals surface area contributed by atoms with Gasteiger partial charge in [0, 0.05) is 43.9 Å². The number of carbonyl (C=O) groups is 1. The molecule has 7 nitrogen and oxygen atoms in total. The zero-order chi connectivity index (χ0) is 16.1. The molecule has 122 valence electrons. The first kappa shape index (κ1) is 16.5. The van der Waals surface area contributed by atoms with Crippen molar-refractivity contribution in [2.45, 2.75) is 32.2 Å². The van der Waals surface area contributed by atoms with E-state index >= 15 is 0 Å². The quantitative estimate of drug-likeness (QED) is 0.772. The van der Waals surface area contributed by atoms with Crippen molar-refractivity contribution in [3.05, 3.63) is 11.8 Å².